The van der Waals surface area contributed by atoms with Crippen LogP contribution >= 0.6 is 0 Å². The third-order valence-corrected chi connectivity index (χ3v) is 7.14. The van der Waals surface area contributed by atoms with E-state index in [-0.39, 0.29) is 13.2 Å². The highest BCUT2D eigenvalue weighted by atomic mass is 16.3. The molecule has 0 aliphatic rings. The van der Waals surface area contributed by atoms with E-state index in [1.807, 2.05) is 60.9 Å². The van der Waals surface area contributed by atoms with Gasteiger partial charge in [0.05, 0.1) is 24.3 Å². The predicted octanol–water partition coefficient (Wildman–Crippen LogP) is 2.68. The molecule has 0 aliphatic carbocycles. The second-order valence-corrected chi connectivity index (χ2v) is 10.0. The summed E-state index contributed by atoms with van der Waals surface area (Å²) in [5.74, 6) is 0.787. The Labute approximate surface area is 252 Å². The largest absolute Gasteiger partial charge is 0.395 e. The molecule has 0 unspecified atom stereocenters. The first-order valence-corrected chi connectivity index (χ1v) is 14.0. The Bertz CT molecular complexity index is 1900. The molecule has 0 fully saturated rings. The molecule has 4 heterocycles. The topological polar surface area (TPSA) is 172 Å². The molecule has 6 aromatic rings. The lowest BCUT2D eigenvalue weighted by atomic mass is 9.90. The Hall–Kier alpha value is -5.50. The maximum Gasteiger partial charge on any atom is 0.183 e. The van der Waals surface area contributed by atoms with Crippen LogP contribution in [0.2, 0.25) is 0 Å². The van der Waals surface area contributed by atoms with Crippen LogP contribution in [0, 0.1) is 22.7 Å². The first-order valence-electron chi connectivity index (χ1n) is 14.0. The van der Waals surface area contributed by atoms with Gasteiger partial charge in [0.1, 0.15) is 12.1 Å². The van der Waals surface area contributed by atoms with Crippen molar-refractivity contribution in [3.63, 3.8) is 0 Å². The number of nitrogens with one attached hydrogen (secondary N) is 2. The minimum Gasteiger partial charge on any atom is -0.395 e. The second kappa shape index (κ2) is 12.8. The normalized spacial score (nSPS) is 11.2. The number of nitriles is 2. The van der Waals surface area contributed by atoms with Crippen molar-refractivity contribution in [2.45, 2.75) is 13.1 Å². The Morgan fingerprint density at radius 2 is 1.05 bits per heavy atom. The fourth-order valence-electron chi connectivity index (χ4n) is 5.08. The molecule has 218 valence electrons. The highest BCUT2D eigenvalue weighted by molar-refractivity contribution is 5.86. The smallest absolute Gasteiger partial charge is 0.183 e. The van der Waals surface area contributed by atoms with E-state index >= 15 is 0 Å². The summed E-state index contributed by atoms with van der Waals surface area (Å²) in [7, 11) is 0. The first kappa shape index (κ1) is 28.6. The summed E-state index contributed by atoms with van der Waals surface area (Å²) in [4.78, 5) is 9.32. The molecule has 4 aromatic heterocycles. The standard InChI is InChI=1S/C32H28N10O2/c33-15-27-23(3-1-5-25(27)31-37-29-9-7-21(17-35-11-13-43)19-41(29)39-31)24-4-2-6-26(28(24)16-34)32-38-30-10-8-22(18-36-12-14-44)20-42(30)40-32/h1-10,19-20,35-36,43-44H,11-14,17-18H2. The van der Waals surface area contributed by atoms with Crippen molar-refractivity contribution in [2.75, 3.05) is 26.3 Å². The van der Waals surface area contributed by atoms with Crippen LogP contribution in [0.1, 0.15) is 22.3 Å². The molecule has 2 aromatic carbocycles. The zero-order valence-corrected chi connectivity index (χ0v) is 23.6. The van der Waals surface area contributed by atoms with Crippen molar-refractivity contribution in [1.82, 2.24) is 39.8 Å². The molecule has 44 heavy (non-hydrogen) atoms. The molecule has 0 spiro atoms. The number of rotatable bonds is 11. The number of hydrogen-bond acceptors (Lipinski definition) is 10. The summed E-state index contributed by atoms with van der Waals surface area (Å²) in [6, 6.07) is 23.1. The van der Waals surface area contributed by atoms with Crippen LogP contribution in [0.25, 0.3) is 45.2 Å². The minimum atomic E-state index is 0.0560. The minimum absolute atomic E-state index is 0.0560. The van der Waals surface area contributed by atoms with E-state index in [2.05, 4.69) is 42.9 Å². The molecule has 12 nitrogen and oxygen atoms in total. The zero-order valence-electron chi connectivity index (χ0n) is 23.6. The van der Waals surface area contributed by atoms with Gasteiger partial charge in [0.25, 0.3) is 0 Å². The van der Waals surface area contributed by atoms with Crippen LogP contribution in [0.3, 0.4) is 0 Å². The average Bonchev–Trinajstić information content (AvgIpc) is 3.68. The highest BCUT2D eigenvalue weighted by Gasteiger charge is 2.21. The summed E-state index contributed by atoms with van der Waals surface area (Å²) in [6.45, 7) is 2.23. The lowest BCUT2D eigenvalue weighted by Gasteiger charge is -2.11. The van der Waals surface area contributed by atoms with Crippen molar-refractivity contribution in [1.29, 1.82) is 10.5 Å². The van der Waals surface area contributed by atoms with Gasteiger partial charge in [0.15, 0.2) is 22.9 Å². The van der Waals surface area contributed by atoms with E-state index in [9.17, 15) is 10.5 Å². The molecule has 0 saturated heterocycles. The lowest BCUT2D eigenvalue weighted by molar-refractivity contribution is 0.291. The van der Waals surface area contributed by atoms with Crippen molar-refractivity contribution in [3.8, 4) is 46.0 Å². The fraction of sp³-hybridized carbons (Fsp3) is 0.188. The number of aromatic nitrogens is 6. The Balaban J connectivity index is 1.38. The van der Waals surface area contributed by atoms with Crippen molar-refractivity contribution in [2.24, 2.45) is 0 Å². The zero-order chi connectivity index (χ0) is 30.5. The van der Waals surface area contributed by atoms with E-state index in [0.29, 0.717) is 82.5 Å². The molecule has 6 rings (SSSR count). The van der Waals surface area contributed by atoms with Gasteiger partial charge in [-0.25, -0.2) is 19.0 Å². The van der Waals surface area contributed by atoms with Gasteiger partial charge in [-0.05, 0) is 35.4 Å². The van der Waals surface area contributed by atoms with Gasteiger partial charge < -0.3 is 20.8 Å². The van der Waals surface area contributed by atoms with Gasteiger partial charge in [-0.1, -0.05) is 36.4 Å². The SMILES string of the molecule is N#Cc1c(-c2nc3ccc(CNCCO)cn3n2)cccc1-c1cccc(-c2nc3ccc(CNCCO)cn3n2)c1C#N. The van der Waals surface area contributed by atoms with Gasteiger partial charge >= 0.3 is 0 Å². The Morgan fingerprint density at radius 1 is 0.614 bits per heavy atom. The van der Waals surface area contributed by atoms with Crippen molar-refractivity contribution in [3.05, 3.63) is 95.3 Å². The van der Waals surface area contributed by atoms with Crippen LogP contribution in [-0.4, -0.2) is 65.7 Å². The van der Waals surface area contributed by atoms with Crippen LogP contribution < -0.4 is 10.6 Å². The molecule has 0 amide bonds. The molecule has 0 saturated carbocycles. The quantitative estimate of drug-likeness (QED) is 0.166. The van der Waals surface area contributed by atoms with Crippen molar-refractivity contribution < 1.29 is 10.2 Å². The summed E-state index contributed by atoms with van der Waals surface area (Å²) < 4.78 is 3.34. The summed E-state index contributed by atoms with van der Waals surface area (Å²) in [5.41, 5.74) is 6.18. The second-order valence-electron chi connectivity index (χ2n) is 10.0. The number of pyridine rings is 2. The Morgan fingerprint density at radius 3 is 1.45 bits per heavy atom. The third kappa shape index (κ3) is 5.62. The maximum absolute atomic E-state index is 10.3. The van der Waals surface area contributed by atoms with Gasteiger partial charge in [0.2, 0.25) is 0 Å². The van der Waals surface area contributed by atoms with E-state index in [1.165, 1.54) is 0 Å². The number of fused-ring (bicyclic) bond motifs is 2. The Kier molecular flexibility index (Phi) is 8.32. The summed E-state index contributed by atoms with van der Waals surface area (Å²) >= 11 is 0. The van der Waals surface area contributed by atoms with E-state index in [0.717, 1.165) is 11.1 Å². The molecule has 4 N–H and O–H groups in total. The molecule has 12 heteroatoms. The van der Waals surface area contributed by atoms with Gasteiger partial charge in [-0.15, -0.1) is 10.2 Å². The van der Waals surface area contributed by atoms with E-state index in [1.54, 1.807) is 21.2 Å². The number of aliphatic hydroxyl groups excluding tert-OH is 2. The first-order chi connectivity index (χ1) is 21.6. The molecule has 0 aliphatic heterocycles. The van der Waals surface area contributed by atoms with Crippen LogP contribution in [0.4, 0.5) is 0 Å². The number of aliphatic hydroxyl groups is 2. The molecule has 0 radical (unpaired) electrons. The van der Waals surface area contributed by atoms with Gasteiger partial charge in [-0.3, -0.25) is 0 Å². The monoisotopic (exact) mass is 584 g/mol. The number of benzene rings is 2. The lowest BCUT2D eigenvalue weighted by Crippen LogP contribution is -2.17. The molecule has 0 bridgehead atoms. The van der Waals surface area contributed by atoms with E-state index in [4.69, 9.17) is 10.2 Å². The average molecular weight is 585 g/mol. The van der Waals surface area contributed by atoms with Crippen molar-refractivity contribution >= 4 is 11.3 Å². The van der Waals surface area contributed by atoms with Crippen LogP contribution in [-0.2, 0) is 13.1 Å². The molecular weight excluding hydrogens is 556 g/mol. The molecule has 0 atom stereocenters. The summed E-state index contributed by atoms with van der Waals surface area (Å²) in [6.07, 6.45) is 3.72. The van der Waals surface area contributed by atoms with Gasteiger partial charge in [0, 0.05) is 60.8 Å². The number of nitrogens with zero attached hydrogens (tertiary/aromatic N) is 8. The third-order valence-electron chi connectivity index (χ3n) is 7.14. The molecular formula is C32H28N10O2. The predicted molar refractivity (Wildman–Crippen MR) is 163 cm³/mol. The maximum atomic E-state index is 10.3. The highest BCUT2D eigenvalue weighted by Crippen LogP contribution is 2.36. The fourth-order valence-corrected chi connectivity index (χ4v) is 5.08. The number of hydrogen-bond donors (Lipinski definition) is 4. The van der Waals surface area contributed by atoms with Crippen LogP contribution in [0.15, 0.2) is 73.1 Å². The van der Waals surface area contributed by atoms with Crippen LogP contribution in [0.5, 0.6) is 0 Å². The van der Waals surface area contributed by atoms with Gasteiger partial charge in [-0.2, -0.15) is 10.5 Å². The van der Waals surface area contributed by atoms with E-state index < -0.39 is 0 Å². The summed E-state index contributed by atoms with van der Waals surface area (Å²) in [5, 5.41) is 54.3.